The molecule has 3 heterocycles. The molecular weight excluding hydrogens is 296 g/mol. The Morgan fingerprint density at radius 2 is 2.00 bits per heavy atom. The Hall–Kier alpha value is -2.73. The second-order valence-corrected chi connectivity index (χ2v) is 6.06. The summed E-state index contributed by atoms with van der Waals surface area (Å²) in [6, 6.07) is 12.0. The first-order chi connectivity index (χ1) is 10.7. The van der Waals surface area contributed by atoms with Gasteiger partial charge in [0.25, 0.3) is 5.56 Å². The molecule has 0 aliphatic heterocycles. The number of thiophene rings is 1. The van der Waals surface area contributed by atoms with E-state index in [9.17, 15) is 4.79 Å². The summed E-state index contributed by atoms with van der Waals surface area (Å²) >= 11 is 1.46. The summed E-state index contributed by atoms with van der Waals surface area (Å²) in [6.45, 7) is 0. The van der Waals surface area contributed by atoms with Gasteiger partial charge >= 0.3 is 0 Å². The van der Waals surface area contributed by atoms with Gasteiger partial charge in [0.15, 0.2) is 0 Å². The minimum Gasteiger partial charge on any atom is -0.305 e. The highest BCUT2D eigenvalue weighted by Crippen LogP contribution is 2.31. The lowest BCUT2D eigenvalue weighted by atomic mass is 10.2. The van der Waals surface area contributed by atoms with Crippen LogP contribution in [0.1, 0.15) is 0 Å². The monoisotopic (exact) mass is 308 g/mol. The third-order valence-electron chi connectivity index (χ3n) is 3.42. The molecule has 4 aromatic rings. The van der Waals surface area contributed by atoms with Crippen LogP contribution in [0.4, 0.5) is 0 Å². The standard InChI is InChI=1S/C16H12N4OS/c1-20-9-11(8-17-20)15-18-12-7-13(10-5-3-2-4-6-10)22-14(12)16(21)19-15/h2-9H,1H3,(H,18,19,21). The van der Waals surface area contributed by atoms with E-state index in [0.717, 1.165) is 16.0 Å². The lowest BCUT2D eigenvalue weighted by Crippen LogP contribution is -2.07. The predicted molar refractivity (Wildman–Crippen MR) is 87.9 cm³/mol. The zero-order valence-electron chi connectivity index (χ0n) is 11.8. The summed E-state index contributed by atoms with van der Waals surface area (Å²) in [5, 5.41) is 4.11. The molecule has 22 heavy (non-hydrogen) atoms. The van der Waals surface area contributed by atoms with E-state index in [1.54, 1.807) is 10.9 Å². The molecule has 0 fully saturated rings. The normalized spacial score (nSPS) is 11.1. The number of rotatable bonds is 2. The fraction of sp³-hybridized carbons (Fsp3) is 0.0625. The first-order valence-electron chi connectivity index (χ1n) is 6.79. The third kappa shape index (κ3) is 2.14. The van der Waals surface area contributed by atoms with Crippen LogP contribution < -0.4 is 5.56 Å². The number of nitrogens with zero attached hydrogens (tertiary/aromatic N) is 3. The molecule has 0 unspecified atom stereocenters. The SMILES string of the molecule is Cn1cc(-c2nc3cc(-c4ccccc4)sc3c(=O)[nH]2)cn1. The second kappa shape index (κ2) is 4.92. The molecule has 0 saturated heterocycles. The van der Waals surface area contributed by atoms with Crippen molar-refractivity contribution in [2.75, 3.05) is 0 Å². The van der Waals surface area contributed by atoms with Crippen molar-refractivity contribution in [2.24, 2.45) is 7.05 Å². The van der Waals surface area contributed by atoms with Crippen molar-refractivity contribution in [3.8, 4) is 21.8 Å². The van der Waals surface area contributed by atoms with Crippen molar-refractivity contribution in [3.05, 3.63) is 59.1 Å². The Bertz CT molecular complexity index is 1010. The molecule has 1 N–H and O–H groups in total. The molecule has 4 rings (SSSR count). The summed E-state index contributed by atoms with van der Waals surface area (Å²) in [5.74, 6) is 0.544. The van der Waals surface area contributed by atoms with Crippen LogP contribution in [0.15, 0.2) is 53.6 Å². The predicted octanol–water partition coefficient (Wildman–Crippen LogP) is 3.05. The molecule has 0 aliphatic rings. The number of H-pyrrole nitrogens is 1. The highest BCUT2D eigenvalue weighted by atomic mass is 32.1. The van der Waals surface area contributed by atoms with Gasteiger partial charge in [0.1, 0.15) is 10.5 Å². The number of fused-ring (bicyclic) bond motifs is 1. The van der Waals surface area contributed by atoms with Gasteiger partial charge in [0.2, 0.25) is 0 Å². The van der Waals surface area contributed by atoms with Crippen LogP contribution in [-0.2, 0) is 7.05 Å². The number of aromatic amines is 1. The number of nitrogens with one attached hydrogen (secondary N) is 1. The van der Waals surface area contributed by atoms with E-state index in [1.807, 2.05) is 49.6 Å². The van der Waals surface area contributed by atoms with E-state index in [-0.39, 0.29) is 5.56 Å². The van der Waals surface area contributed by atoms with Crippen molar-refractivity contribution in [1.82, 2.24) is 19.7 Å². The molecule has 5 nitrogen and oxygen atoms in total. The summed E-state index contributed by atoms with van der Waals surface area (Å²) in [7, 11) is 1.83. The third-order valence-corrected chi connectivity index (χ3v) is 4.59. The Labute approximate surface area is 129 Å². The topological polar surface area (TPSA) is 63.6 Å². The Morgan fingerprint density at radius 1 is 1.18 bits per heavy atom. The minimum atomic E-state index is -0.115. The maximum Gasteiger partial charge on any atom is 0.269 e. The van der Waals surface area contributed by atoms with Gasteiger partial charge in [-0.3, -0.25) is 9.48 Å². The van der Waals surface area contributed by atoms with E-state index >= 15 is 0 Å². The largest absolute Gasteiger partial charge is 0.305 e. The smallest absolute Gasteiger partial charge is 0.269 e. The lowest BCUT2D eigenvalue weighted by molar-refractivity contribution is 0.768. The molecule has 0 saturated carbocycles. The van der Waals surface area contributed by atoms with Crippen LogP contribution in [0.2, 0.25) is 0 Å². The molecule has 1 aromatic carbocycles. The molecule has 0 spiro atoms. The van der Waals surface area contributed by atoms with Gasteiger partial charge in [0, 0.05) is 18.1 Å². The Balaban J connectivity index is 1.90. The number of benzene rings is 1. The van der Waals surface area contributed by atoms with E-state index in [1.165, 1.54) is 11.3 Å². The average Bonchev–Trinajstić information content (AvgIpc) is 3.14. The molecular formula is C16H12N4OS. The average molecular weight is 308 g/mol. The van der Waals surface area contributed by atoms with Crippen molar-refractivity contribution in [1.29, 1.82) is 0 Å². The second-order valence-electron chi connectivity index (χ2n) is 5.01. The van der Waals surface area contributed by atoms with E-state index < -0.39 is 0 Å². The molecule has 0 aliphatic carbocycles. The quantitative estimate of drug-likeness (QED) is 0.619. The van der Waals surface area contributed by atoms with Crippen molar-refractivity contribution < 1.29 is 0 Å². The molecule has 6 heteroatoms. The highest BCUT2D eigenvalue weighted by Gasteiger charge is 2.11. The number of aromatic nitrogens is 4. The lowest BCUT2D eigenvalue weighted by Gasteiger charge is -1.96. The fourth-order valence-electron chi connectivity index (χ4n) is 2.36. The van der Waals surface area contributed by atoms with E-state index in [2.05, 4.69) is 15.1 Å². The fourth-order valence-corrected chi connectivity index (χ4v) is 3.36. The summed E-state index contributed by atoms with van der Waals surface area (Å²) in [4.78, 5) is 20.8. The summed E-state index contributed by atoms with van der Waals surface area (Å²) in [6.07, 6.45) is 3.52. The van der Waals surface area contributed by atoms with Gasteiger partial charge in [-0.1, -0.05) is 30.3 Å². The van der Waals surface area contributed by atoms with Gasteiger partial charge in [0.05, 0.1) is 17.3 Å². The number of hydrogen-bond acceptors (Lipinski definition) is 4. The zero-order chi connectivity index (χ0) is 15.1. The van der Waals surface area contributed by atoms with E-state index in [0.29, 0.717) is 16.0 Å². The van der Waals surface area contributed by atoms with Crippen LogP contribution in [0.25, 0.3) is 32.0 Å². The van der Waals surface area contributed by atoms with Gasteiger partial charge in [-0.05, 0) is 11.6 Å². The van der Waals surface area contributed by atoms with Crippen LogP contribution >= 0.6 is 11.3 Å². The first kappa shape index (κ1) is 13.0. The minimum absolute atomic E-state index is 0.115. The molecule has 0 bridgehead atoms. The summed E-state index contributed by atoms with van der Waals surface area (Å²) < 4.78 is 2.33. The maximum absolute atomic E-state index is 12.3. The Kier molecular flexibility index (Phi) is 2.90. The number of hydrogen-bond donors (Lipinski definition) is 1. The van der Waals surface area contributed by atoms with E-state index in [4.69, 9.17) is 0 Å². The molecule has 0 amide bonds. The Morgan fingerprint density at radius 3 is 2.73 bits per heavy atom. The van der Waals surface area contributed by atoms with Crippen molar-refractivity contribution in [3.63, 3.8) is 0 Å². The van der Waals surface area contributed by atoms with Crippen LogP contribution in [-0.4, -0.2) is 19.7 Å². The molecule has 108 valence electrons. The van der Waals surface area contributed by atoms with Crippen molar-refractivity contribution in [2.45, 2.75) is 0 Å². The van der Waals surface area contributed by atoms with Crippen molar-refractivity contribution >= 4 is 21.6 Å². The van der Waals surface area contributed by atoms with Gasteiger partial charge in [-0.2, -0.15) is 5.10 Å². The first-order valence-corrected chi connectivity index (χ1v) is 7.61. The summed E-state index contributed by atoms with van der Waals surface area (Å²) in [5.41, 5.74) is 2.49. The molecule has 3 aromatic heterocycles. The van der Waals surface area contributed by atoms with Crippen LogP contribution in [0.3, 0.4) is 0 Å². The molecule has 0 radical (unpaired) electrons. The van der Waals surface area contributed by atoms with Gasteiger partial charge in [-0.25, -0.2) is 4.98 Å². The zero-order valence-corrected chi connectivity index (χ0v) is 12.6. The molecule has 0 atom stereocenters. The number of aryl methyl sites for hydroxylation is 1. The van der Waals surface area contributed by atoms with Crippen LogP contribution in [0, 0.1) is 0 Å². The van der Waals surface area contributed by atoms with Gasteiger partial charge in [-0.15, -0.1) is 11.3 Å². The van der Waals surface area contributed by atoms with Gasteiger partial charge < -0.3 is 4.98 Å². The maximum atomic E-state index is 12.3. The van der Waals surface area contributed by atoms with Crippen LogP contribution in [0.5, 0.6) is 0 Å². The highest BCUT2D eigenvalue weighted by molar-refractivity contribution is 7.22.